The van der Waals surface area contributed by atoms with Gasteiger partial charge in [0.15, 0.2) is 0 Å². The van der Waals surface area contributed by atoms with E-state index in [2.05, 4.69) is 9.72 Å². The summed E-state index contributed by atoms with van der Waals surface area (Å²) in [6.45, 7) is 0. The highest BCUT2D eigenvalue weighted by Crippen LogP contribution is 2.29. The molecule has 0 aliphatic rings. The lowest BCUT2D eigenvalue weighted by Crippen LogP contribution is -2.03. The number of rotatable bonds is 5. The highest BCUT2D eigenvalue weighted by atomic mass is 32.2. The molecule has 0 aliphatic heterocycles. The van der Waals surface area contributed by atoms with E-state index in [-0.39, 0.29) is 11.3 Å². The molecule has 0 unspecified atom stereocenters. The molecule has 8 heteroatoms. The van der Waals surface area contributed by atoms with Crippen molar-refractivity contribution in [1.29, 1.82) is 0 Å². The summed E-state index contributed by atoms with van der Waals surface area (Å²) >= 11 is 1.39. The lowest BCUT2D eigenvalue weighted by Gasteiger charge is -2.06. The SMILES string of the molecule is COC(=O)c1cc(CSc2cnccc2N)cc([N+](=O)[O-])c1. The van der Waals surface area contributed by atoms with Crippen molar-refractivity contribution in [1.82, 2.24) is 4.98 Å². The highest BCUT2D eigenvalue weighted by Gasteiger charge is 2.15. The Labute approximate surface area is 130 Å². The maximum atomic E-state index is 11.6. The Balaban J connectivity index is 2.26. The second kappa shape index (κ2) is 6.90. The third kappa shape index (κ3) is 3.73. The average Bonchev–Trinajstić information content (AvgIpc) is 2.53. The molecule has 114 valence electrons. The molecular weight excluding hydrogens is 306 g/mol. The summed E-state index contributed by atoms with van der Waals surface area (Å²) in [5, 5.41) is 11.0. The summed E-state index contributed by atoms with van der Waals surface area (Å²) in [4.78, 5) is 26.8. The fourth-order valence-corrected chi connectivity index (χ4v) is 2.63. The van der Waals surface area contributed by atoms with Crippen molar-refractivity contribution in [2.45, 2.75) is 10.6 Å². The van der Waals surface area contributed by atoms with Gasteiger partial charge in [-0.25, -0.2) is 4.79 Å². The summed E-state index contributed by atoms with van der Waals surface area (Å²) < 4.78 is 4.61. The number of carbonyl (C=O) groups excluding carboxylic acids is 1. The van der Waals surface area contributed by atoms with E-state index in [1.165, 1.54) is 31.0 Å². The summed E-state index contributed by atoms with van der Waals surface area (Å²) in [6, 6.07) is 5.86. The Morgan fingerprint density at radius 1 is 1.45 bits per heavy atom. The van der Waals surface area contributed by atoms with E-state index in [9.17, 15) is 14.9 Å². The van der Waals surface area contributed by atoms with Crippen LogP contribution in [0.5, 0.6) is 0 Å². The number of carbonyl (C=O) groups is 1. The zero-order chi connectivity index (χ0) is 16.1. The Bertz CT molecular complexity index is 721. The Kier molecular flexibility index (Phi) is 4.95. The molecule has 0 spiro atoms. The van der Waals surface area contributed by atoms with Crippen LogP contribution in [0.25, 0.3) is 0 Å². The molecule has 1 aromatic carbocycles. The molecule has 0 amide bonds. The number of ether oxygens (including phenoxy) is 1. The van der Waals surface area contributed by atoms with Crippen LogP contribution in [0.3, 0.4) is 0 Å². The Morgan fingerprint density at radius 2 is 2.23 bits per heavy atom. The average molecular weight is 319 g/mol. The lowest BCUT2D eigenvalue weighted by molar-refractivity contribution is -0.384. The smallest absolute Gasteiger partial charge is 0.338 e. The van der Waals surface area contributed by atoms with E-state index in [4.69, 9.17) is 5.73 Å². The highest BCUT2D eigenvalue weighted by molar-refractivity contribution is 7.98. The van der Waals surface area contributed by atoms with Crippen LogP contribution in [-0.2, 0) is 10.5 Å². The number of non-ortho nitro benzene ring substituents is 1. The van der Waals surface area contributed by atoms with Gasteiger partial charge in [-0.15, -0.1) is 11.8 Å². The number of esters is 1. The van der Waals surface area contributed by atoms with Gasteiger partial charge >= 0.3 is 5.97 Å². The quantitative estimate of drug-likeness (QED) is 0.390. The fourth-order valence-electron chi connectivity index (χ4n) is 1.77. The second-order valence-electron chi connectivity index (χ2n) is 4.34. The molecule has 0 fully saturated rings. The predicted octanol–water partition coefficient (Wildman–Crippen LogP) is 2.65. The van der Waals surface area contributed by atoms with E-state index in [0.717, 1.165) is 4.90 Å². The lowest BCUT2D eigenvalue weighted by atomic mass is 10.1. The van der Waals surface area contributed by atoms with Gasteiger partial charge in [0.25, 0.3) is 5.69 Å². The van der Waals surface area contributed by atoms with Gasteiger partial charge in [-0.3, -0.25) is 15.1 Å². The minimum atomic E-state index is -0.615. The van der Waals surface area contributed by atoms with Crippen molar-refractivity contribution in [2.24, 2.45) is 0 Å². The zero-order valence-electron chi connectivity index (χ0n) is 11.7. The fraction of sp³-hybridized carbons (Fsp3) is 0.143. The molecule has 1 aromatic heterocycles. The minimum Gasteiger partial charge on any atom is -0.465 e. The van der Waals surface area contributed by atoms with Crippen molar-refractivity contribution >= 4 is 29.1 Å². The molecule has 0 atom stereocenters. The minimum absolute atomic E-state index is 0.145. The zero-order valence-corrected chi connectivity index (χ0v) is 12.5. The van der Waals surface area contributed by atoms with Crippen LogP contribution in [0.2, 0.25) is 0 Å². The molecule has 1 heterocycles. The van der Waals surface area contributed by atoms with E-state index < -0.39 is 10.9 Å². The Hall–Kier alpha value is -2.61. The maximum absolute atomic E-state index is 11.6. The number of thioether (sulfide) groups is 1. The van der Waals surface area contributed by atoms with Gasteiger partial charge in [-0.05, 0) is 17.7 Å². The van der Waals surface area contributed by atoms with Gasteiger partial charge in [0.1, 0.15) is 0 Å². The molecule has 2 aromatic rings. The van der Waals surface area contributed by atoms with Gasteiger partial charge in [-0.1, -0.05) is 0 Å². The van der Waals surface area contributed by atoms with E-state index in [1.54, 1.807) is 24.5 Å². The summed E-state index contributed by atoms with van der Waals surface area (Å²) in [5.74, 6) is -0.197. The summed E-state index contributed by atoms with van der Waals surface area (Å²) in [6.07, 6.45) is 3.21. The molecule has 0 radical (unpaired) electrons. The standard InChI is InChI=1S/C14H13N3O4S/c1-21-14(18)10-4-9(5-11(6-10)17(19)20)8-22-13-7-16-3-2-12(13)15/h2-7H,8H2,1H3,(H2,15,16). The van der Waals surface area contributed by atoms with Crippen LogP contribution in [0.1, 0.15) is 15.9 Å². The summed E-state index contributed by atoms with van der Waals surface area (Å²) in [7, 11) is 1.23. The van der Waals surface area contributed by atoms with Crippen molar-refractivity contribution in [3.05, 3.63) is 57.9 Å². The number of nitrogen functional groups attached to an aromatic ring is 1. The molecule has 2 rings (SSSR count). The van der Waals surface area contributed by atoms with Crippen molar-refractivity contribution in [3.63, 3.8) is 0 Å². The van der Waals surface area contributed by atoms with Crippen LogP contribution in [0.4, 0.5) is 11.4 Å². The van der Waals surface area contributed by atoms with Crippen LogP contribution in [0, 0.1) is 10.1 Å². The summed E-state index contributed by atoms with van der Waals surface area (Å²) in [5.41, 5.74) is 7.02. The molecule has 0 saturated carbocycles. The number of nitrogens with two attached hydrogens (primary N) is 1. The van der Waals surface area contributed by atoms with Crippen molar-refractivity contribution in [2.75, 3.05) is 12.8 Å². The topological polar surface area (TPSA) is 108 Å². The third-order valence-electron chi connectivity index (χ3n) is 2.82. The molecular formula is C14H13N3O4S. The number of nitrogens with zero attached hydrogens (tertiary/aromatic N) is 2. The largest absolute Gasteiger partial charge is 0.465 e. The number of benzene rings is 1. The number of anilines is 1. The number of hydrogen-bond acceptors (Lipinski definition) is 7. The van der Waals surface area contributed by atoms with Crippen molar-refractivity contribution < 1.29 is 14.5 Å². The van der Waals surface area contributed by atoms with E-state index >= 15 is 0 Å². The third-order valence-corrected chi connectivity index (χ3v) is 3.95. The van der Waals surface area contributed by atoms with Crippen molar-refractivity contribution in [3.8, 4) is 0 Å². The maximum Gasteiger partial charge on any atom is 0.338 e. The normalized spacial score (nSPS) is 10.2. The number of methoxy groups -OCH3 is 1. The van der Waals surface area contributed by atoms with Crippen LogP contribution in [-0.4, -0.2) is 23.0 Å². The molecule has 7 nitrogen and oxygen atoms in total. The predicted molar refractivity (Wildman–Crippen MR) is 82.6 cm³/mol. The molecule has 0 aliphatic carbocycles. The number of nitro groups is 1. The monoisotopic (exact) mass is 319 g/mol. The van der Waals surface area contributed by atoms with Gasteiger partial charge < -0.3 is 10.5 Å². The number of hydrogen-bond donors (Lipinski definition) is 1. The van der Waals surface area contributed by atoms with Crippen LogP contribution in [0.15, 0.2) is 41.6 Å². The van der Waals surface area contributed by atoms with Gasteiger partial charge in [-0.2, -0.15) is 0 Å². The first-order chi connectivity index (χ1) is 10.5. The van der Waals surface area contributed by atoms with Gasteiger partial charge in [0.2, 0.25) is 0 Å². The molecule has 22 heavy (non-hydrogen) atoms. The van der Waals surface area contributed by atoms with E-state index in [1.807, 2.05) is 0 Å². The molecule has 2 N–H and O–H groups in total. The number of pyridine rings is 1. The molecule has 0 saturated heterocycles. The first-order valence-electron chi connectivity index (χ1n) is 6.20. The van der Waals surface area contributed by atoms with Gasteiger partial charge in [0.05, 0.1) is 17.6 Å². The number of nitro benzene ring substituents is 1. The first kappa shape index (κ1) is 15.8. The van der Waals surface area contributed by atoms with E-state index in [0.29, 0.717) is 17.0 Å². The first-order valence-corrected chi connectivity index (χ1v) is 7.19. The van der Waals surface area contributed by atoms with Crippen LogP contribution < -0.4 is 5.73 Å². The van der Waals surface area contributed by atoms with Crippen LogP contribution >= 0.6 is 11.8 Å². The number of aromatic nitrogens is 1. The molecule has 0 bridgehead atoms. The Morgan fingerprint density at radius 3 is 2.86 bits per heavy atom. The van der Waals surface area contributed by atoms with Gasteiger partial charge in [0, 0.05) is 40.9 Å². The second-order valence-corrected chi connectivity index (χ2v) is 5.36.